The highest BCUT2D eigenvalue weighted by Gasteiger charge is 2.20. The van der Waals surface area contributed by atoms with Crippen LogP contribution in [0, 0.1) is 5.92 Å². The second-order valence-electron chi connectivity index (χ2n) is 7.79. The molecule has 0 heterocycles. The summed E-state index contributed by atoms with van der Waals surface area (Å²) in [5, 5.41) is 3.32. The van der Waals surface area contributed by atoms with Gasteiger partial charge in [0.25, 0.3) is 0 Å². The van der Waals surface area contributed by atoms with Gasteiger partial charge in [0, 0.05) is 25.2 Å². The van der Waals surface area contributed by atoms with Crippen LogP contribution in [0.25, 0.3) is 0 Å². The molecule has 0 saturated heterocycles. The van der Waals surface area contributed by atoms with Crippen LogP contribution < -0.4 is 15.8 Å². The Morgan fingerprint density at radius 1 is 1.08 bits per heavy atom. The van der Waals surface area contributed by atoms with Crippen LogP contribution in [-0.2, 0) is 15.4 Å². The van der Waals surface area contributed by atoms with Gasteiger partial charge < -0.3 is 11.1 Å². The standard InChI is InChI=1S/C18H33N3O2S/c1-13(2)17(11-19)20-12-14(3)21-24(22,23)16-9-7-15(8-10-16)18(4,5)6/h7-10,13-14,17,20-21H,11-12,19H2,1-6H3/t14-,17-/m1/s1. The third-order valence-electron chi connectivity index (χ3n) is 4.13. The molecule has 0 aliphatic carbocycles. The smallest absolute Gasteiger partial charge is 0.240 e. The normalized spacial score (nSPS) is 15.5. The van der Waals surface area contributed by atoms with Crippen LogP contribution in [0.4, 0.5) is 0 Å². The van der Waals surface area contributed by atoms with Gasteiger partial charge in [-0.2, -0.15) is 0 Å². The highest BCUT2D eigenvalue weighted by Crippen LogP contribution is 2.23. The lowest BCUT2D eigenvalue weighted by molar-refractivity contribution is 0.391. The Morgan fingerprint density at radius 3 is 2.04 bits per heavy atom. The molecule has 0 radical (unpaired) electrons. The van der Waals surface area contributed by atoms with Gasteiger partial charge in [-0.05, 0) is 36.0 Å². The van der Waals surface area contributed by atoms with E-state index in [4.69, 9.17) is 5.73 Å². The number of hydrogen-bond acceptors (Lipinski definition) is 4. The van der Waals surface area contributed by atoms with Crippen molar-refractivity contribution >= 4 is 10.0 Å². The van der Waals surface area contributed by atoms with Gasteiger partial charge in [-0.25, -0.2) is 13.1 Å². The third kappa shape index (κ3) is 6.16. The minimum atomic E-state index is -3.52. The van der Waals surface area contributed by atoms with Crippen LogP contribution in [0.15, 0.2) is 29.2 Å². The summed E-state index contributed by atoms with van der Waals surface area (Å²) in [5.41, 5.74) is 6.84. The van der Waals surface area contributed by atoms with Crippen molar-refractivity contribution in [3.05, 3.63) is 29.8 Å². The predicted molar refractivity (Wildman–Crippen MR) is 101 cm³/mol. The van der Waals surface area contributed by atoms with Gasteiger partial charge in [0.05, 0.1) is 4.90 Å². The lowest BCUT2D eigenvalue weighted by Gasteiger charge is -2.23. The molecule has 0 amide bonds. The summed E-state index contributed by atoms with van der Waals surface area (Å²) in [6.07, 6.45) is 0. The van der Waals surface area contributed by atoms with Crippen LogP contribution in [-0.4, -0.2) is 33.6 Å². The summed E-state index contributed by atoms with van der Waals surface area (Å²) in [6, 6.07) is 7.05. The molecule has 0 aromatic heterocycles. The Balaban J connectivity index is 2.72. The van der Waals surface area contributed by atoms with Gasteiger partial charge in [0.15, 0.2) is 0 Å². The van der Waals surface area contributed by atoms with Crippen LogP contribution >= 0.6 is 0 Å². The highest BCUT2D eigenvalue weighted by molar-refractivity contribution is 7.89. The molecule has 0 bridgehead atoms. The van der Waals surface area contributed by atoms with E-state index in [0.717, 1.165) is 5.56 Å². The molecule has 0 aliphatic heterocycles. The quantitative estimate of drug-likeness (QED) is 0.667. The maximum absolute atomic E-state index is 12.5. The zero-order chi connectivity index (χ0) is 18.5. The molecule has 0 spiro atoms. The molecule has 0 fully saturated rings. The minimum Gasteiger partial charge on any atom is -0.329 e. The largest absolute Gasteiger partial charge is 0.329 e. The van der Waals surface area contributed by atoms with E-state index >= 15 is 0 Å². The summed E-state index contributed by atoms with van der Waals surface area (Å²) in [4.78, 5) is 0.293. The molecule has 1 aromatic carbocycles. The number of hydrogen-bond donors (Lipinski definition) is 3. The average molecular weight is 356 g/mol. The van der Waals surface area contributed by atoms with Crippen molar-refractivity contribution in [2.45, 2.75) is 63.9 Å². The third-order valence-corrected chi connectivity index (χ3v) is 5.74. The average Bonchev–Trinajstić information content (AvgIpc) is 2.46. The van der Waals surface area contributed by atoms with Gasteiger partial charge in [-0.3, -0.25) is 0 Å². The molecule has 0 unspecified atom stereocenters. The van der Waals surface area contributed by atoms with E-state index in [2.05, 4.69) is 44.7 Å². The van der Waals surface area contributed by atoms with Crippen molar-refractivity contribution in [2.24, 2.45) is 11.7 Å². The number of benzene rings is 1. The van der Waals surface area contributed by atoms with E-state index in [9.17, 15) is 8.42 Å². The topological polar surface area (TPSA) is 84.2 Å². The summed E-state index contributed by atoms with van der Waals surface area (Å²) in [6.45, 7) is 13.4. The van der Waals surface area contributed by atoms with E-state index in [0.29, 0.717) is 23.9 Å². The van der Waals surface area contributed by atoms with Gasteiger partial charge in [-0.15, -0.1) is 0 Å². The van der Waals surface area contributed by atoms with Crippen molar-refractivity contribution in [1.29, 1.82) is 0 Å². The monoisotopic (exact) mass is 355 g/mol. The van der Waals surface area contributed by atoms with Crippen LogP contribution in [0.2, 0.25) is 0 Å². The minimum absolute atomic E-state index is 0.00101. The summed E-state index contributed by atoms with van der Waals surface area (Å²) < 4.78 is 27.7. The molecule has 0 aliphatic rings. The molecule has 4 N–H and O–H groups in total. The summed E-state index contributed by atoms with van der Waals surface area (Å²) in [7, 11) is -3.52. The van der Waals surface area contributed by atoms with E-state index in [1.54, 1.807) is 12.1 Å². The molecule has 24 heavy (non-hydrogen) atoms. The maximum atomic E-state index is 12.5. The molecule has 5 nitrogen and oxygen atoms in total. The first kappa shape index (κ1) is 21.1. The Morgan fingerprint density at radius 2 is 1.62 bits per heavy atom. The molecular weight excluding hydrogens is 322 g/mol. The molecule has 2 atom stereocenters. The fourth-order valence-corrected chi connectivity index (χ4v) is 3.67. The van der Waals surface area contributed by atoms with E-state index in [1.807, 2.05) is 19.1 Å². The van der Waals surface area contributed by atoms with Gasteiger partial charge >= 0.3 is 0 Å². The Labute approximate surface area is 147 Å². The summed E-state index contributed by atoms with van der Waals surface area (Å²) in [5.74, 6) is 0.406. The number of nitrogens with two attached hydrogens (primary N) is 1. The highest BCUT2D eigenvalue weighted by atomic mass is 32.2. The van der Waals surface area contributed by atoms with Crippen molar-refractivity contribution in [2.75, 3.05) is 13.1 Å². The van der Waals surface area contributed by atoms with Gasteiger partial charge in [0.1, 0.15) is 0 Å². The predicted octanol–water partition coefficient (Wildman–Crippen LogP) is 2.22. The van der Waals surface area contributed by atoms with Crippen molar-refractivity contribution < 1.29 is 8.42 Å². The first-order valence-electron chi connectivity index (χ1n) is 8.53. The first-order chi connectivity index (χ1) is 11.0. The molecule has 0 saturated carbocycles. The van der Waals surface area contributed by atoms with Crippen LogP contribution in [0.1, 0.15) is 47.1 Å². The second-order valence-corrected chi connectivity index (χ2v) is 9.51. The molecular formula is C18H33N3O2S. The van der Waals surface area contributed by atoms with Crippen molar-refractivity contribution in [3.63, 3.8) is 0 Å². The van der Waals surface area contributed by atoms with Crippen molar-refractivity contribution in [1.82, 2.24) is 10.0 Å². The first-order valence-corrected chi connectivity index (χ1v) is 10.0. The second kappa shape index (κ2) is 8.43. The Hall–Kier alpha value is -0.950. The van der Waals surface area contributed by atoms with Gasteiger partial charge in [0.2, 0.25) is 10.0 Å². The number of rotatable bonds is 8. The van der Waals surface area contributed by atoms with Crippen LogP contribution in [0.3, 0.4) is 0 Å². The molecule has 1 rings (SSSR count). The molecule has 1 aromatic rings. The zero-order valence-corrected chi connectivity index (χ0v) is 16.6. The Bertz CT molecular complexity index is 604. The lowest BCUT2D eigenvalue weighted by atomic mass is 9.87. The van der Waals surface area contributed by atoms with Crippen molar-refractivity contribution in [3.8, 4) is 0 Å². The molecule has 138 valence electrons. The SMILES string of the molecule is CC(C)[C@@H](CN)NC[C@@H](C)NS(=O)(=O)c1ccc(C(C)(C)C)cc1. The lowest BCUT2D eigenvalue weighted by Crippen LogP contribution is -2.47. The number of sulfonamides is 1. The fourth-order valence-electron chi connectivity index (χ4n) is 2.43. The van der Waals surface area contributed by atoms with Crippen LogP contribution in [0.5, 0.6) is 0 Å². The van der Waals surface area contributed by atoms with E-state index in [-0.39, 0.29) is 17.5 Å². The molecule has 6 heteroatoms. The summed E-state index contributed by atoms with van der Waals surface area (Å²) >= 11 is 0. The van der Waals surface area contributed by atoms with E-state index < -0.39 is 10.0 Å². The zero-order valence-electron chi connectivity index (χ0n) is 15.8. The number of nitrogens with one attached hydrogen (secondary N) is 2. The Kier molecular flexibility index (Phi) is 7.41. The maximum Gasteiger partial charge on any atom is 0.240 e. The van der Waals surface area contributed by atoms with E-state index in [1.165, 1.54) is 0 Å². The van der Waals surface area contributed by atoms with Gasteiger partial charge in [-0.1, -0.05) is 46.8 Å². The fraction of sp³-hybridized carbons (Fsp3) is 0.667.